The lowest BCUT2D eigenvalue weighted by Gasteiger charge is -2.26. The van der Waals surface area contributed by atoms with E-state index in [2.05, 4.69) is 0 Å². The summed E-state index contributed by atoms with van der Waals surface area (Å²) in [5.41, 5.74) is 0.977. The van der Waals surface area contributed by atoms with E-state index < -0.39 is 17.2 Å². The van der Waals surface area contributed by atoms with Gasteiger partial charge in [0.1, 0.15) is 5.82 Å². The lowest BCUT2D eigenvalue weighted by atomic mass is 9.76. The van der Waals surface area contributed by atoms with Crippen molar-refractivity contribution < 1.29 is 14.3 Å². The van der Waals surface area contributed by atoms with Crippen LogP contribution in [0.25, 0.3) is 0 Å². The zero-order valence-corrected chi connectivity index (χ0v) is 12.0. The first-order valence-electron chi connectivity index (χ1n) is 6.79. The van der Waals surface area contributed by atoms with Crippen LogP contribution in [-0.2, 0) is 23.1 Å². The number of halogens is 2. The maximum absolute atomic E-state index is 14.0. The average molecular weight is 305 g/mol. The lowest BCUT2D eigenvalue weighted by Crippen LogP contribution is -2.36. The van der Waals surface area contributed by atoms with Crippen LogP contribution >= 0.6 is 11.6 Å². The molecule has 3 rings (SSSR count). The lowest BCUT2D eigenvalue weighted by molar-refractivity contribution is -0.143. The molecule has 4 heteroatoms. The number of fused-ring (bicyclic) bond motifs is 1. The molecule has 2 aromatic carbocycles. The van der Waals surface area contributed by atoms with Gasteiger partial charge >= 0.3 is 5.97 Å². The van der Waals surface area contributed by atoms with Crippen molar-refractivity contribution in [2.75, 3.05) is 0 Å². The van der Waals surface area contributed by atoms with Gasteiger partial charge in [-0.05, 0) is 42.5 Å². The Morgan fingerprint density at radius 3 is 2.71 bits per heavy atom. The van der Waals surface area contributed by atoms with Crippen molar-refractivity contribution in [2.45, 2.75) is 24.7 Å². The molecule has 1 aliphatic carbocycles. The van der Waals surface area contributed by atoms with Crippen molar-refractivity contribution in [2.24, 2.45) is 0 Å². The minimum absolute atomic E-state index is 0.0743. The summed E-state index contributed by atoms with van der Waals surface area (Å²) in [5, 5.41) is 10.1. The topological polar surface area (TPSA) is 37.3 Å². The molecule has 108 valence electrons. The molecule has 0 bridgehead atoms. The van der Waals surface area contributed by atoms with Crippen molar-refractivity contribution in [3.63, 3.8) is 0 Å². The quantitative estimate of drug-likeness (QED) is 0.931. The Bertz CT molecular complexity index is 693. The molecule has 1 unspecified atom stereocenters. The molecule has 2 aromatic rings. The summed E-state index contributed by atoms with van der Waals surface area (Å²) >= 11 is 6.07. The fraction of sp³-hybridized carbons (Fsp3) is 0.235. The van der Waals surface area contributed by atoms with Crippen LogP contribution in [0.4, 0.5) is 4.39 Å². The third-order valence-corrected chi connectivity index (χ3v) is 4.66. The van der Waals surface area contributed by atoms with Gasteiger partial charge in [-0.2, -0.15) is 0 Å². The summed E-state index contributed by atoms with van der Waals surface area (Å²) in [5.74, 6) is -1.38. The van der Waals surface area contributed by atoms with E-state index in [9.17, 15) is 14.3 Å². The number of aliphatic carboxylic acids is 1. The maximum atomic E-state index is 14.0. The van der Waals surface area contributed by atoms with Crippen molar-refractivity contribution >= 4 is 17.6 Å². The molecule has 0 heterocycles. The van der Waals surface area contributed by atoms with Crippen LogP contribution in [0.1, 0.15) is 23.1 Å². The average Bonchev–Trinajstić information content (AvgIpc) is 2.83. The van der Waals surface area contributed by atoms with E-state index in [1.165, 1.54) is 12.1 Å². The molecule has 0 radical (unpaired) electrons. The molecule has 21 heavy (non-hydrogen) atoms. The molecule has 2 nitrogen and oxygen atoms in total. The van der Waals surface area contributed by atoms with Gasteiger partial charge in [0.2, 0.25) is 0 Å². The molecule has 0 aromatic heterocycles. The van der Waals surface area contributed by atoms with Crippen molar-refractivity contribution in [3.8, 4) is 0 Å². The molecule has 0 amide bonds. The molecule has 0 spiro atoms. The number of carboxylic acid groups (broad SMARTS) is 1. The van der Waals surface area contributed by atoms with E-state index in [1.54, 1.807) is 6.07 Å². The van der Waals surface area contributed by atoms with Gasteiger partial charge < -0.3 is 5.11 Å². The summed E-state index contributed by atoms with van der Waals surface area (Å²) in [7, 11) is 0. The predicted molar refractivity (Wildman–Crippen MR) is 79.2 cm³/mol. The molecule has 0 aliphatic heterocycles. The first-order chi connectivity index (χ1) is 10.0. The van der Waals surface area contributed by atoms with Crippen LogP contribution in [0.5, 0.6) is 0 Å². The van der Waals surface area contributed by atoms with Crippen LogP contribution in [0.15, 0.2) is 42.5 Å². The highest BCUT2D eigenvalue weighted by Crippen LogP contribution is 2.43. The zero-order chi connectivity index (χ0) is 15.0. The molecular formula is C17H14ClFO2. The number of hydrogen-bond donors (Lipinski definition) is 1. The number of aryl methyl sites for hydroxylation is 1. The largest absolute Gasteiger partial charge is 0.481 e. The Morgan fingerprint density at radius 1 is 1.24 bits per heavy atom. The highest BCUT2D eigenvalue weighted by atomic mass is 35.5. The van der Waals surface area contributed by atoms with Crippen molar-refractivity contribution in [1.82, 2.24) is 0 Å². The normalized spacial score (nSPS) is 20.3. The molecule has 0 saturated carbocycles. The molecule has 1 atom stereocenters. The molecule has 1 N–H and O–H groups in total. The highest BCUT2D eigenvalue weighted by Gasteiger charge is 2.46. The summed E-state index contributed by atoms with van der Waals surface area (Å²) < 4.78 is 14.0. The summed E-state index contributed by atoms with van der Waals surface area (Å²) in [6, 6.07) is 11.9. The highest BCUT2D eigenvalue weighted by molar-refractivity contribution is 6.31. The van der Waals surface area contributed by atoms with Crippen LogP contribution in [-0.4, -0.2) is 11.1 Å². The van der Waals surface area contributed by atoms with Crippen molar-refractivity contribution in [1.29, 1.82) is 0 Å². The third kappa shape index (κ3) is 2.22. The van der Waals surface area contributed by atoms with Crippen LogP contribution in [0.3, 0.4) is 0 Å². The number of rotatable bonds is 3. The van der Waals surface area contributed by atoms with E-state index >= 15 is 0 Å². The number of hydrogen-bond acceptors (Lipinski definition) is 1. The van der Waals surface area contributed by atoms with Gasteiger partial charge in [-0.3, -0.25) is 4.79 Å². The summed E-state index contributed by atoms with van der Waals surface area (Å²) in [4.78, 5) is 11.9. The zero-order valence-electron chi connectivity index (χ0n) is 11.3. The van der Waals surface area contributed by atoms with E-state index in [1.807, 2.05) is 24.3 Å². The Kier molecular flexibility index (Phi) is 3.46. The third-order valence-electron chi connectivity index (χ3n) is 4.30. The maximum Gasteiger partial charge on any atom is 0.314 e. The molecule has 0 fully saturated rings. The molecule has 0 saturated heterocycles. The Morgan fingerprint density at radius 2 is 2.00 bits per heavy atom. The first kappa shape index (κ1) is 14.1. The van der Waals surface area contributed by atoms with Gasteiger partial charge in [-0.15, -0.1) is 0 Å². The van der Waals surface area contributed by atoms with Crippen LogP contribution in [0.2, 0.25) is 5.02 Å². The minimum atomic E-state index is -1.09. The Hall–Kier alpha value is -1.87. The molecule has 1 aliphatic rings. The van der Waals surface area contributed by atoms with Gasteiger partial charge in [0.15, 0.2) is 0 Å². The Balaban J connectivity index is 2.11. The second kappa shape index (κ2) is 5.15. The smallest absolute Gasteiger partial charge is 0.314 e. The fourth-order valence-corrected chi connectivity index (χ4v) is 3.40. The van der Waals surface area contributed by atoms with E-state index in [0.717, 1.165) is 11.1 Å². The fourth-order valence-electron chi connectivity index (χ4n) is 3.17. The first-order valence-corrected chi connectivity index (χ1v) is 7.17. The van der Waals surface area contributed by atoms with Crippen LogP contribution < -0.4 is 0 Å². The number of benzene rings is 2. The summed E-state index contributed by atoms with van der Waals surface area (Å²) in [6.07, 6.45) is 1.23. The van der Waals surface area contributed by atoms with E-state index in [-0.39, 0.29) is 17.0 Å². The number of carbonyl (C=O) groups is 1. The van der Waals surface area contributed by atoms with Gasteiger partial charge in [0, 0.05) is 10.6 Å². The monoisotopic (exact) mass is 304 g/mol. The predicted octanol–water partition coefficient (Wildman–Crippen LogP) is 3.99. The van der Waals surface area contributed by atoms with Gasteiger partial charge in [0.25, 0.3) is 0 Å². The van der Waals surface area contributed by atoms with E-state index in [4.69, 9.17) is 11.6 Å². The second-order valence-corrected chi connectivity index (χ2v) is 5.83. The van der Waals surface area contributed by atoms with Gasteiger partial charge in [-0.1, -0.05) is 41.9 Å². The van der Waals surface area contributed by atoms with Gasteiger partial charge in [0.05, 0.1) is 5.41 Å². The Labute approximate surface area is 127 Å². The minimum Gasteiger partial charge on any atom is -0.481 e. The second-order valence-electron chi connectivity index (χ2n) is 5.42. The van der Waals surface area contributed by atoms with E-state index in [0.29, 0.717) is 12.8 Å². The standard InChI is InChI=1S/C17H14ClFO2/c18-14-6-3-7-15(19)12(14)10-17(16(20)21)9-8-11-4-1-2-5-13(11)17/h1-7H,8-10H2,(H,20,21). The summed E-state index contributed by atoms with van der Waals surface area (Å²) in [6.45, 7) is 0. The SMILES string of the molecule is O=C(O)C1(Cc2c(F)cccc2Cl)CCc2ccccc21. The van der Waals surface area contributed by atoms with Crippen molar-refractivity contribution in [3.05, 3.63) is 70.0 Å². The van der Waals surface area contributed by atoms with Gasteiger partial charge in [-0.25, -0.2) is 4.39 Å². The van der Waals surface area contributed by atoms with Crippen LogP contribution in [0, 0.1) is 5.82 Å². The number of carboxylic acids is 1. The molecular weight excluding hydrogens is 291 g/mol.